The van der Waals surface area contributed by atoms with Gasteiger partial charge >= 0.3 is 0 Å². The minimum absolute atomic E-state index is 0.303. The van der Waals surface area contributed by atoms with Crippen LogP contribution in [-0.2, 0) is 25.9 Å². The summed E-state index contributed by atoms with van der Waals surface area (Å²) in [6.07, 6.45) is 3.43. The molecule has 0 atom stereocenters. The topological polar surface area (TPSA) is 41.9 Å². The Hall–Kier alpha value is -2.20. The van der Waals surface area contributed by atoms with Crippen LogP contribution in [0.2, 0.25) is 0 Å². The SMILES string of the molecule is CN(Cc1ccc2c(c1)OCO2)Cc1cc2c(cc1O)CCC2. The van der Waals surface area contributed by atoms with Crippen molar-refractivity contribution in [1.29, 1.82) is 0 Å². The van der Waals surface area contributed by atoms with Crippen molar-refractivity contribution in [3.8, 4) is 17.2 Å². The lowest BCUT2D eigenvalue weighted by Crippen LogP contribution is -2.17. The van der Waals surface area contributed by atoms with Gasteiger partial charge in [-0.3, -0.25) is 4.90 Å². The van der Waals surface area contributed by atoms with Crippen LogP contribution in [0.3, 0.4) is 0 Å². The molecule has 0 spiro atoms. The number of aryl methyl sites for hydroxylation is 2. The average molecular weight is 311 g/mol. The molecule has 1 heterocycles. The molecule has 0 bridgehead atoms. The van der Waals surface area contributed by atoms with Gasteiger partial charge in [0.05, 0.1) is 0 Å². The number of benzene rings is 2. The van der Waals surface area contributed by atoms with E-state index >= 15 is 0 Å². The monoisotopic (exact) mass is 311 g/mol. The molecule has 1 N–H and O–H groups in total. The van der Waals surface area contributed by atoms with Crippen LogP contribution in [0.5, 0.6) is 17.2 Å². The van der Waals surface area contributed by atoms with E-state index in [2.05, 4.69) is 24.1 Å². The standard InChI is InChI=1S/C19H21NO3/c1-20(10-13-5-6-18-19(7-13)23-12-22-18)11-16-8-14-3-2-4-15(14)9-17(16)21/h5-9,21H,2-4,10-12H2,1H3. The van der Waals surface area contributed by atoms with Crippen molar-refractivity contribution in [2.24, 2.45) is 0 Å². The van der Waals surface area contributed by atoms with Crippen LogP contribution >= 0.6 is 0 Å². The van der Waals surface area contributed by atoms with Crippen LogP contribution in [0.1, 0.15) is 28.7 Å². The van der Waals surface area contributed by atoms with E-state index in [4.69, 9.17) is 9.47 Å². The Morgan fingerprint density at radius 1 is 1.00 bits per heavy atom. The van der Waals surface area contributed by atoms with Crippen LogP contribution in [0, 0.1) is 0 Å². The van der Waals surface area contributed by atoms with Crippen molar-refractivity contribution in [2.45, 2.75) is 32.4 Å². The number of phenols is 1. The van der Waals surface area contributed by atoms with Gasteiger partial charge in [-0.1, -0.05) is 12.1 Å². The van der Waals surface area contributed by atoms with Gasteiger partial charge in [0.2, 0.25) is 6.79 Å². The number of nitrogens with zero attached hydrogens (tertiary/aromatic N) is 1. The molecule has 0 unspecified atom stereocenters. The Kier molecular flexibility index (Phi) is 3.62. The second-order valence-corrected chi connectivity index (χ2v) is 6.46. The molecule has 0 fully saturated rings. The Labute approximate surface area is 136 Å². The third-order valence-corrected chi connectivity index (χ3v) is 4.62. The van der Waals surface area contributed by atoms with Gasteiger partial charge in [-0.2, -0.15) is 0 Å². The van der Waals surface area contributed by atoms with Crippen molar-refractivity contribution in [3.63, 3.8) is 0 Å². The molecule has 1 aliphatic carbocycles. The highest BCUT2D eigenvalue weighted by Gasteiger charge is 2.16. The maximum Gasteiger partial charge on any atom is 0.231 e. The zero-order valence-corrected chi connectivity index (χ0v) is 13.3. The minimum atomic E-state index is 0.303. The lowest BCUT2D eigenvalue weighted by atomic mass is 10.0. The number of aromatic hydroxyl groups is 1. The predicted molar refractivity (Wildman–Crippen MR) is 87.9 cm³/mol. The van der Waals surface area contributed by atoms with E-state index in [1.165, 1.54) is 23.1 Å². The van der Waals surface area contributed by atoms with Crippen LogP contribution in [0.25, 0.3) is 0 Å². The zero-order chi connectivity index (χ0) is 15.8. The van der Waals surface area contributed by atoms with Gasteiger partial charge < -0.3 is 14.6 Å². The van der Waals surface area contributed by atoms with Crippen LogP contribution in [-0.4, -0.2) is 23.8 Å². The fourth-order valence-corrected chi connectivity index (χ4v) is 3.49. The Balaban J connectivity index is 1.47. The summed E-state index contributed by atoms with van der Waals surface area (Å²) in [7, 11) is 2.07. The summed E-state index contributed by atoms with van der Waals surface area (Å²) >= 11 is 0. The van der Waals surface area contributed by atoms with Crippen molar-refractivity contribution in [3.05, 3.63) is 52.6 Å². The molecule has 2 aliphatic rings. The van der Waals surface area contributed by atoms with Gasteiger partial charge in [0.25, 0.3) is 0 Å². The van der Waals surface area contributed by atoms with E-state index in [0.29, 0.717) is 12.5 Å². The number of hydrogen-bond acceptors (Lipinski definition) is 4. The quantitative estimate of drug-likeness (QED) is 0.941. The summed E-state index contributed by atoms with van der Waals surface area (Å²) in [4.78, 5) is 2.20. The van der Waals surface area contributed by atoms with Crippen LogP contribution in [0.4, 0.5) is 0 Å². The minimum Gasteiger partial charge on any atom is -0.508 e. The number of rotatable bonds is 4. The average Bonchev–Trinajstić information content (AvgIpc) is 3.15. The van der Waals surface area contributed by atoms with Crippen LogP contribution < -0.4 is 9.47 Å². The van der Waals surface area contributed by atoms with E-state index < -0.39 is 0 Å². The lowest BCUT2D eigenvalue weighted by Gasteiger charge is -2.18. The number of ether oxygens (including phenoxy) is 2. The number of fused-ring (bicyclic) bond motifs is 2. The van der Waals surface area contributed by atoms with Gasteiger partial charge in [-0.15, -0.1) is 0 Å². The molecule has 4 rings (SSSR count). The number of phenolic OH excluding ortho intramolecular Hbond substituents is 1. The molecule has 2 aromatic rings. The first kappa shape index (κ1) is 14.4. The second-order valence-electron chi connectivity index (χ2n) is 6.46. The fraction of sp³-hybridized carbons (Fsp3) is 0.368. The van der Waals surface area contributed by atoms with E-state index in [-0.39, 0.29) is 0 Å². The van der Waals surface area contributed by atoms with Crippen molar-refractivity contribution in [1.82, 2.24) is 4.90 Å². The van der Waals surface area contributed by atoms with Crippen molar-refractivity contribution < 1.29 is 14.6 Å². The van der Waals surface area contributed by atoms with Crippen molar-refractivity contribution in [2.75, 3.05) is 13.8 Å². The molecule has 0 aromatic heterocycles. The predicted octanol–water partition coefficient (Wildman–Crippen LogP) is 3.24. The van der Waals surface area contributed by atoms with Gasteiger partial charge in [0.15, 0.2) is 11.5 Å². The molecule has 2 aromatic carbocycles. The van der Waals surface area contributed by atoms with Gasteiger partial charge in [-0.25, -0.2) is 0 Å². The van der Waals surface area contributed by atoms with E-state index in [1.807, 2.05) is 18.2 Å². The van der Waals surface area contributed by atoms with E-state index in [9.17, 15) is 5.11 Å². The summed E-state index contributed by atoms with van der Waals surface area (Å²) in [5, 5.41) is 10.3. The molecular weight excluding hydrogens is 290 g/mol. The molecule has 0 saturated heterocycles. The van der Waals surface area contributed by atoms with Crippen LogP contribution in [0.15, 0.2) is 30.3 Å². The van der Waals surface area contributed by atoms with Gasteiger partial charge in [0, 0.05) is 18.7 Å². The molecule has 0 amide bonds. The molecule has 120 valence electrons. The third kappa shape index (κ3) is 2.86. The molecular formula is C19H21NO3. The Morgan fingerprint density at radius 3 is 2.65 bits per heavy atom. The third-order valence-electron chi connectivity index (χ3n) is 4.62. The molecule has 1 aliphatic heterocycles. The second kappa shape index (κ2) is 5.78. The zero-order valence-electron chi connectivity index (χ0n) is 13.3. The highest BCUT2D eigenvalue weighted by molar-refractivity contribution is 5.45. The summed E-state index contributed by atoms with van der Waals surface area (Å²) < 4.78 is 10.8. The first-order valence-corrected chi connectivity index (χ1v) is 8.10. The molecule has 4 nitrogen and oxygen atoms in total. The summed E-state index contributed by atoms with van der Waals surface area (Å²) in [5.41, 5.74) is 4.89. The van der Waals surface area contributed by atoms with Crippen molar-refractivity contribution >= 4 is 0 Å². The number of hydrogen-bond donors (Lipinski definition) is 1. The largest absolute Gasteiger partial charge is 0.508 e. The Bertz CT molecular complexity index is 742. The summed E-state index contributed by atoms with van der Waals surface area (Å²) in [6.45, 7) is 1.83. The summed E-state index contributed by atoms with van der Waals surface area (Å²) in [5.74, 6) is 2.05. The smallest absolute Gasteiger partial charge is 0.231 e. The molecule has 4 heteroatoms. The molecule has 0 radical (unpaired) electrons. The maximum absolute atomic E-state index is 10.3. The van der Waals surface area contributed by atoms with Gasteiger partial charge in [0.1, 0.15) is 5.75 Å². The highest BCUT2D eigenvalue weighted by atomic mass is 16.7. The fourth-order valence-electron chi connectivity index (χ4n) is 3.49. The maximum atomic E-state index is 10.3. The molecule has 0 saturated carbocycles. The first-order chi connectivity index (χ1) is 11.2. The first-order valence-electron chi connectivity index (χ1n) is 8.10. The normalized spacial score (nSPS) is 15.2. The van der Waals surface area contributed by atoms with E-state index in [0.717, 1.165) is 43.0 Å². The molecule has 23 heavy (non-hydrogen) atoms. The van der Waals surface area contributed by atoms with E-state index in [1.54, 1.807) is 0 Å². The summed E-state index contributed by atoms with van der Waals surface area (Å²) in [6, 6.07) is 10.2. The highest BCUT2D eigenvalue weighted by Crippen LogP contribution is 2.33. The van der Waals surface area contributed by atoms with Gasteiger partial charge in [-0.05, 0) is 61.2 Å². The lowest BCUT2D eigenvalue weighted by molar-refractivity contribution is 0.174. The Morgan fingerprint density at radius 2 is 1.78 bits per heavy atom.